The first-order chi connectivity index (χ1) is 6.74. The molecule has 1 aromatic heterocycles. The molecule has 2 nitrogen and oxygen atoms in total. The molecule has 0 saturated heterocycles. The molecule has 1 aromatic rings. The van der Waals surface area contributed by atoms with Gasteiger partial charge in [0.2, 0.25) is 0 Å². The Morgan fingerprint density at radius 3 is 2.93 bits per heavy atom. The molecule has 0 aliphatic rings. The molecule has 0 aromatic carbocycles. The van der Waals surface area contributed by atoms with Gasteiger partial charge in [0.1, 0.15) is 0 Å². The van der Waals surface area contributed by atoms with Crippen LogP contribution in [0.3, 0.4) is 0 Å². The summed E-state index contributed by atoms with van der Waals surface area (Å²) in [5, 5.41) is 5.54. The summed E-state index contributed by atoms with van der Waals surface area (Å²) in [5.74, 6) is 0. The number of unbranched alkanes of at least 4 members (excludes halogenated alkanes) is 1. The zero-order valence-electron chi connectivity index (χ0n) is 8.42. The van der Waals surface area contributed by atoms with Gasteiger partial charge in [0.25, 0.3) is 0 Å². The average molecular weight is 233 g/mol. The van der Waals surface area contributed by atoms with Crippen molar-refractivity contribution >= 4 is 22.9 Å². The second-order valence-corrected chi connectivity index (χ2v) is 4.90. The summed E-state index contributed by atoms with van der Waals surface area (Å²) >= 11 is 7.44. The van der Waals surface area contributed by atoms with E-state index >= 15 is 0 Å². The van der Waals surface area contributed by atoms with E-state index in [1.54, 1.807) is 11.3 Å². The molecule has 0 bridgehead atoms. The number of rotatable bonds is 6. The highest BCUT2D eigenvalue weighted by Gasteiger charge is 2.05. The standard InChI is InChI=1S/C10H17ClN2S/c1-8(13-5-3-2-4-12)9-6-10(11)14-7-9/h6-8,13H,2-5,12H2,1H3. The second-order valence-electron chi connectivity index (χ2n) is 3.36. The van der Waals surface area contributed by atoms with Crippen molar-refractivity contribution in [1.82, 2.24) is 5.32 Å². The van der Waals surface area contributed by atoms with Crippen LogP contribution in [0.15, 0.2) is 11.4 Å². The SMILES string of the molecule is CC(NCCCCN)c1csc(Cl)c1. The van der Waals surface area contributed by atoms with Crippen LogP contribution < -0.4 is 11.1 Å². The third-order valence-corrected chi connectivity index (χ3v) is 3.28. The van der Waals surface area contributed by atoms with E-state index in [-0.39, 0.29) is 0 Å². The van der Waals surface area contributed by atoms with E-state index in [2.05, 4.69) is 17.6 Å². The van der Waals surface area contributed by atoms with E-state index in [1.807, 2.05) is 6.07 Å². The van der Waals surface area contributed by atoms with Crippen molar-refractivity contribution in [2.24, 2.45) is 5.73 Å². The van der Waals surface area contributed by atoms with Crippen molar-refractivity contribution in [3.05, 3.63) is 21.3 Å². The highest BCUT2D eigenvalue weighted by atomic mass is 35.5. The van der Waals surface area contributed by atoms with Gasteiger partial charge in [-0.2, -0.15) is 0 Å². The predicted octanol–water partition coefficient (Wildman–Crippen LogP) is 2.79. The Labute approximate surface area is 94.5 Å². The Balaban J connectivity index is 2.25. The fourth-order valence-electron chi connectivity index (χ4n) is 1.26. The van der Waals surface area contributed by atoms with Gasteiger partial charge in [0.05, 0.1) is 4.34 Å². The Hall–Kier alpha value is -0.0900. The van der Waals surface area contributed by atoms with Crippen LogP contribution in [0.4, 0.5) is 0 Å². The van der Waals surface area contributed by atoms with Crippen molar-refractivity contribution in [3.8, 4) is 0 Å². The smallest absolute Gasteiger partial charge is 0.0931 e. The number of hydrogen-bond acceptors (Lipinski definition) is 3. The Bertz CT molecular complexity index is 262. The average Bonchev–Trinajstić information content (AvgIpc) is 2.59. The largest absolute Gasteiger partial charge is 0.330 e. The van der Waals surface area contributed by atoms with Crippen molar-refractivity contribution in [2.45, 2.75) is 25.8 Å². The van der Waals surface area contributed by atoms with Gasteiger partial charge >= 0.3 is 0 Å². The van der Waals surface area contributed by atoms with Crippen LogP contribution in [0.1, 0.15) is 31.4 Å². The molecule has 1 heterocycles. The van der Waals surface area contributed by atoms with Gasteiger partial charge in [-0.3, -0.25) is 0 Å². The molecular formula is C10H17ClN2S. The van der Waals surface area contributed by atoms with Crippen LogP contribution in [0, 0.1) is 0 Å². The van der Waals surface area contributed by atoms with Crippen molar-refractivity contribution in [3.63, 3.8) is 0 Å². The van der Waals surface area contributed by atoms with Crippen LogP contribution in [0.2, 0.25) is 4.34 Å². The fourth-order valence-corrected chi connectivity index (χ4v) is 2.24. The maximum absolute atomic E-state index is 5.86. The molecule has 3 N–H and O–H groups in total. The van der Waals surface area contributed by atoms with E-state index in [0.717, 1.165) is 30.3 Å². The molecule has 1 atom stereocenters. The fraction of sp³-hybridized carbons (Fsp3) is 0.600. The van der Waals surface area contributed by atoms with E-state index in [0.29, 0.717) is 6.04 Å². The Morgan fingerprint density at radius 2 is 2.36 bits per heavy atom. The van der Waals surface area contributed by atoms with Gasteiger partial charge in [0, 0.05) is 6.04 Å². The first kappa shape index (κ1) is 12.0. The van der Waals surface area contributed by atoms with Crippen LogP contribution in [-0.2, 0) is 0 Å². The lowest BCUT2D eigenvalue weighted by atomic mass is 10.2. The van der Waals surface area contributed by atoms with Crippen molar-refractivity contribution in [1.29, 1.82) is 0 Å². The monoisotopic (exact) mass is 232 g/mol. The minimum Gasteiger partial charge on any atom is -0.330 e. The van der Waals surface area contributed by atoms with E-state index in [9.17, 15) is 0 Å². The van der Waals surface area contributed by atoms with Gasteiger partial charge in [0.15, 0.2) is 0 Å². The molecule has 0 fully saturated rings. The zero-order valence-corrected chi connectivity index (χ0v) is 10.00. The van der Waals surface area contributed by atoms with E-state index < -0.39 is 0 Å². The van der Waals surface area contributed by atoms with Gasteiger partial charge in [-0.1, -0.05) is 11.6 Å². The van der Waals surface area contributed by atoms with Gasteiger partial charge < -0.3 is 11.1 Å². The minimum atomic E-state index is 0.386. The first-order valence-electron chi connectivity index (χ1n) is 4.91. The highest BCUT2D eigenvalue weighted by Crippen LogP contribution is 2.24. The molecular weight excluding hydrogens is 216 g/mol. The molecule has 0 radical (unpaired) electrons. The summed E-state index contributed by atoms with van der Waals surface area (Å²) in [6.45, 7) is 3.95. The summed E-state index contributed by atoms with van der Waals surface area (Å²) in [7, 11) is 0. The Kier molecular flexibility index (Phi) is 5.48. The maximum atomic E-state index is 5.86. The zero-order chi connectivity index (χ0) is 10.4. The second kappa shape index (κ2) is 6.40. The van der Waals surface area contributed by atoms with E-state index in [1.165, 1.54) is 5.56 Å². The molecule has 0 aliphatic heterocycles. The molecule has 1 unspecified atom stereocenters. The predicted molar refractivity (Wildman–Crippen MR) is 64.0 cm³/mol. The highest BCUT2D eigenvalue weighted by molar-refractivity contribution is 7.14. The molecule has 14 heavy (non-hydrogen) atoms. The number of nitrogens with one attached hydrogen (secondary N) is 1. The normalized spacial score (nSPS) is 13.1. The third-order valence-electron chi connectivity index (χ3n) is 2.17. The first-order valence-corrected chi connectivity index (χ1v) is 6.17. The summed E-state index contributed by atoms with van der Waals surface area (Å²) in [5.41, 5.74) is 6.69. The topological polar surface area (TPSA) is 38.0 Å². The quantitative estimate of drug-likeness (QED) is 0.741. The minimum absolute atomic E-state index is 0.386. The van der Waals surface area contributed by atoms with Crippen molar-refractivity contribution in [2.75, 3.05) is 13.1 Å². The van der Waals surface area contributed by atoms with E-state index in [4.69, 9.17) is 17.3 Å². The maximum Gasteiger partial charge on any atom is 0.0931 e. The molecule has 0 spiro atoms. The summed E-state index contributed by atoms with van der Waals surface area (Å²) < 4.78 is 0.857. The summed E-state index contributed by atoms with van der Waals surface area (Å²) in [6.07, 6.45) is 2.23. The van der Waals surface area contributed by atoms with Gasteiger partial charge in [-0.15, -0.1) is 11.3 Å². The molecule has 80 valence electrons. The summed E-state index contributed by atoms with van der Waals surface area (Å²) in [6, 6.07) is 2.41. The lowest BCUT2D eigenvalue weighted by molar-refractivity contribution is 0.550. The summed E-state index contributed by atoms with van der Waals surface area (Å²) in [4.78, 5) is 0. The van der Waals surface area contributed by atoms with Crippen molar-refractivity contribution < 1.29 is 0 Å². The molecule has 0 amide bonds. The number of hydrogen-bond donors (Lipinski definition) is 2. The lowest BCUT2D eigenvalue weighted by Crippen LogP contribution is -2.20. The van der Waals surface area contributed by atoms with Crippen LogP contribution in [-0.4, -0.2) is 13.1 Å². The van der Waals surface area contributed by atoms with Crippen LogP contribution >= 0.6 is 22.9 Å². The Morgan fingerprint density at radius 1 is 1.57 bits per heavy atom. The number of halogens is 1. The van der Waals surface area contributed by atoms with Gasteiger partial charge in [-0.05, 0) is 49.9 Å². The van der Waals surface area contributed by atoms with Crippen LogP contribution in [0.5, 0.6) is 0 Å². The third kappa shape index (κ3) is 3.96. The lowest BCUT2D eigenvalue weighted by Gasteiger charge is -2.11. The number of thiophene rings is 1. The molecule has 4 heteroatoms. The molecule has 0 aliphatic carbocycles. The number of nitrogens with two attached hydrogens (primary N) is 1. The molecule has 0 saturated carbocycles. The van der Waals surface area contributed by atoms with Crippen LogP contribution in [0.25, 0.3) is 0 Å². The van der Waals surface area contributed by atoms with Gasteiger partial charge in [-0.25, -0.2) is 0 Å². The molecule has 1 rings (SSSR count).